The lowest BCUT2D eigenvalue weighted by Crippen LogP contribution is -2.34. The molecule has 1 aromatic rings. The maximum absolute atomic E-state index is 11.0. The summed E-state index contributed by atoms with van der Waals surface area (Å²) >= 11 is 1.66. The lowest BCUT2D eigenvalue weighted by atomic mass is 10.0. The second-order valence-electron chi connectivity index (χ2n) is 4.11. The van der Waals surface area contributed by atoms with E-state index in [0.29, 0.717) is 18.8 Å². The van der Waals surface area contributed by atoms with Gasteiger partial charge >= 0.3 is 5.97 Å². The van der Waals surface area contributed by atoms with Gasteiger partial charge in [0.05, 0.1) is 18.8 Å². The van der Waals surface area contributed by atoms with E-state index in [1.54, 1.807) is 11.8 Å². The van der Waals surface area contributed by atoms with Crippen molar-refractivity contribution in [2.75, 3.05) is 19.5 Å². The highest BCUT2D eigenvalue weighted by molar-refractivity contribution is 8.00. The minimum atomic E-state index is -0.187. The molecule has 98 valence electrons. The van der Waals surface area contributed by atoms with Gasteiger partial charge in [-0.05, 0) is 6.07 Å². The van der Waals surface area contributed by atoms with Crippen LogP contribution >= 0.6 is 11.8 Å². The third-order valence-electron chi connectivity index (χ3n) is 2.95. The van der Waals surface area contributed by atoms with Crippen LogP contribution in [0.3, 0.4) is 0 Å². The van der Waals surface area contributed by atoms with E-state index in [1.165, 1.54) is 7.11 Å². The number of carbonyl (C=O) groups excluding carboxylic acids is 1. The van der Waals surface area contributed by atoms with Gasteiger partial charge in [0.1, 0.15) is 12.4 Å². The van der Waals surface area contributed by atoms with Gasteiger partial charge in [0.25, 0.3) is 0 Å². The highest BCUT2D eigenvalue weighted by Gasteiger charge is 2.28. The second kappa shape index (κ2) is 6.11. The van der Waals surface area contributed by atoms with Crippen molar-refractivity contribution in [3.63, 3.8) is 0 Å². The maximum atomic E-state index is 11.0. The molecule has 5 heteroatoms. The summed E-state index contributed by atoms with van der Waals surface area (Å²) in [6.45, 7) is 0.587. The summed E-state index contributed by atoms with van der Waals surface area (Å²) in [5.41, 5.74) is 7.26. The molecule has 1 aromatic carbocycles. The number of esters is 1. The Hall–Kier alpha value is -1.20. The molecular weight excluding hydrogens is 250 g/mol. The molecule has 2 unspecified atom stereocenters. The minimum absolute atomic E-state index is 0.0439. The summed E-state index contributed by atoms with van der Waals surface area (Å²) < 4.78 is 10.3. The minimum Gasteiger partial charge on any atom is -0.492 e. The number of hydrogen-bond donors (Lipinski definition) is 1. The smallest absolute Gasteiger partial charge is 0.306 e. The zero-order chi connectivity index (χ0) is 13.0. The summed E-state index contributed by atoms with van der Waals surface area (Å²) in [6.07, 6.45) is 0.409. The van der Waals surface area contributed by atoms with E-state index in [4.69, 9.17) is 10.5 Å². The first-order valence-corrected chi connectivity index (χ1v) is 6.93. The van der Waals surface area contributed by atoms with Crippen LogP contribution in [0.1, 0.15) is 18.0 Å². The maximum Gasteiger partial charge on any atom is 0.306 e. The summed E-state index contributed by atoms with van der Waals surface area (Å²) in [6, 6.07) is 7.79. The third-order valence-corrected chi connectivity index (χ3v) is 4.24. The predicted molar refractivity (Wildman–Crippen MR) is 71.7 cm³/mol. The van der Waals surface area contributed by atoms with Crippen LogP contribution in [0.5, 0.6) is 5.75 Å². The van der Waals surface area contributed by atoms with E-state index < -0.39 is 0 Å². The molecule has 2 N–H and O–H groups in total. The number of para-hydroxylation sites is 1. The Morgan fingerprint density at radius 2 is 2.33 bits per heavy atom. The van der Waals surface area contributed by atoms with Gasteiger partial charge in [0, 0.05) is 17.4 Å². The molecule has 0 amide bonds. The molecule has 1 heterocycles. The number of methoxy groups -OCH3 is 1. The molecule has 0 aromatic heterocycles. The van der Waals surface area contributed by atoms with E-state index in [1.807, 2.05) is 24.3 Å². The largest absolute Gasteiger partial charge is 0.492 e. The molecule has 18 heavy (non-hydrogen) atoms. The van der Waals surface area contributed by atoms with Gasteiger partial charge in [-0.25, -0.2) is 0 Å². The molecule has 0 spiro atoms. The SMILES string of the molecule is COC(=O)CCSC1COc2ccccc2C1N. The predicted octanol–water partition coefficient (Wildman–Crippen LogP) is 1.74. The Morgan fingerprint density at radius 1 is 1.56 bits per heavy atom. The van der Waals surface area contributed by atoms with Crippen molar-refractivity contribution in [2.45, 2.75) is 17.7 Å². The van der Waals surface area contributed by atoms with Crippen LogP contribution in [0.25, 0.3) is 0 Å². The van der Waals surface area contributed by atoms with Crippen molar-refractivity contribution >= 4 is 17.7 Å². The number of nitrogens with two attached hydrogens (primary N) is 1. The van der Waals surface area contributed by atoms with E-state index in [-0.39, 0.29) is 17.3 Å². The normalized spacial score (nSPS) is 21.9. The zero-order valence-electron chi connectivity index (χ0n) is 10.3. The van der Waals surface area contributed by atoms with Gasteiger partial charge in [-0.1, -0.05) is 18.2 Å². The second-order valence-corrected chi connectivity index (χ2v) is 5.46. The standard InChI is InChI=1S/C13H17NO3S/c1-16-12(15)6-7-18-11-8-17-10-5-3-2-4-9(10)13(11)14/h2-5,11,13H,6-8,14H2,1H3. The topological polar surface area (TPSA) is 61.5 Å². The van der Waals surface area contributed by atoms with Crippen molar-refractivity contribution in [1.82, 2.24) is 0 Å². The first-order chi connectivity index (χ1) is 8.72. The van der Waals surface area contributed by atoms with Crippen molar-refractivity contribution in [2.24, 2.45) is 5.73 Å². The van der Waals surface area contributed by atoms with Crippen molar-refractivity contribution in [3.8, 4) is 5.75 Å². The van der Waals surface area contributed by atoms with E-state index >= 15 is 0 Å². The van der Waals surface area contributed by atoms with Gasteiger partial charge in [-0.3, -0.25) is 4.79 Å². The lowest BCUT2D eigenvalue weighted by molar-refractivity contribution is -0.140. The van der Waals surface area contributed by atoms with Crippen molar-refractivity contribution < 1.29 is 14.3 Å². The fourth-order valence-electron chi connectivity index (χ4n) is 1.91. The van der Waals surface area contributed by atoms with E-state index in [9.17, 15) is 4.79 Å². The first kappa shape index (κ1) is 13.2. The number of thioether (sulfide) groups is 1. The number of fused-ring (bicyclic) bond motifs is 1. The van der Waals surface area contributed by atoms with Gasteiger partial charge in [-0.15, -0.1) is 0 Å². The number of benzene rings is 1. The summed E-state index contributed by atoms with van der Waals surface area (Å²) in [5.74, 6) is 1.39. The van der Waals surface area contributed by atoms with E-state index in [2.05, 4.69) is 4.74 Å². The fraction of sp³-hybridized carbons (Fsp3) is 0.462. The average molecular weight is 267 g/mol. The molecule has 0 saturated heterocycles. The van der Waals surface area contributed by atoms with Gasteiger partial charge in [-0.2, -0.15) is 11.8 Å². The Morgan fingerprint density at radius 3 is 3.11 bits per heavy atom. The molecule has 4 nitrogen and oxygen atoms in total. The van der Waals surface area contributed by atoms with Crippen LogP contribution in [0.2, 0.25) is 0 Å². The highest BCUT2D eigenvalue weighted by Crippen LogP contribution is 2.35. The van der Waals surface area contributed by atoms with Crippen LogP contribution in [0.4, 0.5) is 0 Å². The van der Waals surface area contributed by atoms with Crippen LogP contribution in [0.15, 0.2) is 24.3 Å². The van der Waals surface area contributed by atoms with Crippen molar-refractivity contribution in [1.29, 1.82) is 0 Å². The number of ether oxygens (including phenoxy) is 2. The first-order valence-electron chi connectivity index (χ1n) is 5.88. The van der Waals surface area contributed by atoms with Crippen LogP contribution in [-0.2, 0) is 9.53 Å². The monoisotopic (exact) mass is 267 g/mol. The molecule has 2 rings (SSSR count). The fourth-order valence-corrected chi connectivity index (χ4v) is 3.02. The Kier molecular flexibility index (Phi) is 4.49. The summed E-state index contributed by atoms with van der Waals surface area (Å²) in [7, 11) is 1.40. The number of rotatable bonds is 4. The third kappa shape index (κ3) is 2.97. The molecule has 0 bridgehead atoms. The molecule has 2 atom stereocenters. The summed E-state index contributed by atoms with van der Waals surface area (Å²) in [5, 5.41) is 0.185. The average Bonchev–Trinajstić information content (AvgIpc) is 2.41. The highest BCUT2D eigenvalue weighted by atomic mass is 32.2. The molecule has 1 aliphatic rings. The Bertz CT molecular complexity index is 424. The molecule has 1 aliphatic heterocycles. The van der Waals surface area contributed by atoms with Gasteiger partial charge in [0.2, 0.25) is 0 Å². The van der Waals surface area contributed by atoms with Crippen molar-refractivity contribution in [3.05, 3.63) is 29.8 Å². The Balaban J connectivity index is 1.91. The molecule has 0 radical (unpaired) electrons. The lowest BCUT2D eigenvalue weighted by Gasteiger charge is -2.30. The zero-order valence-corrected chi connectivity index (χ0v) is 11.1. The van der Waals surface area contributed by atoms with Gasteiger partial charge < -0.3 is 15.2 Å². The molecule has 0 saturated carbocycles. The van der Waals surface area contributed by atoms with Crippen LogP contribution < -0.4 is 10.5 Å². The molecular formula is C13H17NO3S. The van der Waals surface area contributed by atoms with Crippen LogP contribution in [-0.4, -0.2) is 30.7 Å². The van der Waals surface area contributed by atoms with E-state index in [0.717, 1.165) is 11.3 Å². The molecule has 0 aliphatic carbocycles. The number of carbonyl (C=O) groups is 1. The Labute approximate surface area is 111 Å². The molecule has 0 fully saturated rings. The number of hydrogen-bond acceptors (Lipinski definition) is 5. The van der Waals surface area contributed by atoms with Gasteiger partial charge in [0.15, 0.2) is 0 Å². The summed E-state index contributed by atoms with van der Waals surface area (Å²) in [4.78, 5) is 11.0. The van der Waals surface area contributed by atoms with Crippen LogP contribution in [0, 0.1) is 0 Å². The quantitative estimate of drug-likeness (QED) is 0.842.